The molecule has 5 heteroatoms. The third-order valence-electron chi connectivity index (χ3n) is 3.28. The Balaban J connectivity index is 1.83. The molecule has 1 aromatic heterocycles. The van der Waals surface area contributed by atoms with E-state index in [4.69, 9.17) is 0 Å². The maximum absolute atomic E-state index is 11.9. The summed E-state index contributed by atoms with van der Waals surface area (Å²) in [5, 5.41) is 7.75. The molecule has 2 amide bonds. The second-order valence-corrected chi connectivity index (χ2v) is 5.48. The van der Waals surface area contributed by atoms with Gasteiger partial charge in [-0.2, -0.15) is 0 Å². The van der Waals surface area contributed by atoms with Crippen molar-refractivity contribution >= 4 is 23.2 Å². The van der Waals surface area contributed by atoms with Crippen LogP contribution < -0.4 is 10.6 Å². The van der Waals surface area contributed by atoms with E-state index in [1.165, 1.54) is 10.4 Å². The van der Waals surface area contributed by atoms with Crippen molar-refractivity contribution in [3.63, 3.8) is 0 Å². The number of hydrogen-bond acceptors (Lipinski definition) is 3. The van der Waals surface area contributed by atoms with Crippen molar-refractivity contribution in [1.82, 2.24) is 10.6 Å². The standard InChI is InChI=1S/C13H18N2O2S/c1-2-9-5-6-18-11(9)8-15-13(17)10-3-4-12(16)14-7-10/h5-6,10H,2-4,7-8H2,1H3,(H,14,16)(H,15,17). The van der Waals surface area contributed by atoms with Crippen molar-refractivity contribution < 1.29 is 9.59 Å². The average Bonchev–Trinajstić information content (AvgIpc) is 2.84. The molecule has 2 N–H and O–H groups in total. The van der Waals surface area contributed by atoms with Crippen LogP contribution in [0.15, 0.2) is 11.4 Å². The molecule has 0 spiro atoms. The van der Waals surface area contributed by atoms with Crippen LogP contribution in [0.25, 0.3) is 0 Å². The lowest BCUT2D eigenvalue weighted by Crippen LogP contribution is -2.42. The topological polar surface area (TPSA) is 58.2 Å². The van der Waals surface area contributed by atoms with Crippen LogP contribution in [0, 0.1) is 5.92 Å². The van der Waals surface area contributed by atoms with Crippen molar-refractivity contribution in [3.8, 4) is 0 Å². The van der Waals surface area contributed by atoms with Gasteiger partial charge in [0.05, 0.1) is 12.5 Å². The molecule has 1 unspecified atom stereocenters. The molecule has 0 saturated carbocycles. The molecule has 0 bridgehead atoms. The summed E-state index contributed by atoms with van der Waals surface area (Å²) in [6.45, 7) is 3.18. The highest BCUT2D eigenvalue weighted by molar-refractivity contribution is 7.10. The maximum atomic E-state index is 11.9. The number of aryl methyl sites for hydroxylation is 1. The van der Waals surface area contributed by atoms with Crippen molar-refractivity contribution in [2.24, 2.45) is 5.92 Å². The minimum Gasteiger partial charge on any atom is -0.355 e. The molecule has 1 aromatic rings. The molecule has 18 heavy (non-hydrogen) atoms. The first-order chi connectivity index (χ1) is 8.70. The Hall–Kier alpha value is -1.36. The van der Waals surface area contributed by atoms with Crippen LogP contribution in [-0.2, 0) is 22.6 Å². The Morgan fingerprint density at radius 1 is 1.61 bits per heavy atom. The van der Waals surface area contributed by atoms with E-state index in [0.29, 0.717) is 25.9 Å². The fraction of sp³-hybridized carbons (Fsp3) is 0.538. The molecular formula is C13H18N2O2S. The SMILES string of the molecule is CCc1ccsc1CNC(=O)C1CCC(=O)NC1. The average molecular weight is 266 g/mol. The first-order valence-electron chi connectivity index (χ1n) is 6.30. The molecule has 0 aromatic carbocycles. The Bertz CT molecular complexity index is 432. The van der Waals surface area contributed by atoms with Gasteiger partial charge in [0, 0.05) is 17.8 Å². The highest BCUT2D eigenvalue weighted by atomic mass is 32.1. The molecule has 1 aliphatic heterocycles. The molecule has 1 atom stereocenters. The number of rotatable bonds is 4. The molecular weight excluding hydrogens is 248 g/mol. The summed E-state index contributed by atoms with van der Waals surface area (Å²) in [5.74, 6) is 0.0174. The Kier molecular flexibility index (Phi) is 4.36. The van der Waals surface area contributed by atoms with Gasteiger partial charge in [-0.05, 0) is 29.9 Å². The highest BCUT2D eigenvalue weighted by Gasteiger charge is 2.24. The lowest BCUT2D eigenvalue weighted by atomic mass is 9.98. The van der Waals surface area contributed by atoms with E-state index in [0.717, 1.165) is 6.42 Å². The van der Waals surface area contributed by atoms with Gasteiger partial charge < -0.3 is 10.6 Å². The summed E-state index contributed by atoms with van der Waals surface area (Å²) in [4.78, 5) is 24.2. The van der Waals surface area contributed by atoms with E-state index < -0.39 is 0 Å². The number of hydrogen-bond donors (Lipinski definition) is 2. The molecule has 0 radical (unpaired) electrons. The number of carbonyl (C=O) groups excluding carboxylic acids is 2. The first kappa shape index (κ1) is 13.1. The lowest BCUT2D eigenvalue weighted by Gasteiger charge is -2.21. The Morgan fingerprint density at radius 3 is 3.11 bits per heavy atom. The highest BCUT2D eigenvalue weighted by Crippen LogP contribution is 2.17. The third kappa shape index (κ3) is 3.10. The normalized spacial score (nSPS) is 19.4. The summed E-state index contributed by atoms with van der Waals surface area (Å²) in [7, 11) is 0. The minimum absolute atomic E-state index is 0.0467. The predicted molar refractivity (Wildman–Crippen MR) is 71.3 cm³/mol. The summed E-state index contributed by atoms with van der Waals surface area (Å²) in [6, 6.07) is 2.10. The van der Waals surface area contributed by atoms with Gasteiger partial charge in [-0.15, -0.1) is 11.3 Å². The van der Waals surface area contributed by atoms with E-state index in [1.807, 2.05) is 0 Å². The fourth-order valence-electron chi connectivity index (χ4n) is 2.11. The molecule has 4 nitrogen and oxygen atoms in total. The van der Waals surface area contributed by atoms with Crippen LogP contribution in [0.3, 0.4) is 0 Å². The molecule has 98 valence electrons. The van der Waals surface area contributed by atoms with Crippen LogP contribution >= 0.6 is 11.3 Å². The summed E-state index contributed by atoms with van der Waals surface area (Å²) in [5.41, 5.74) is 1.30. The van der Waals surface area contributed by atoms with Crippen molar-refractivity contribution in [2.75, 3.05) is 6.54 Å². The summed E-state index contributed by atoms with van der Waals surface area (Å²) < 4.78 is 0. The van der Waals surface area contributed by atoms with E-state index in [1.54, 1.807) is 11.3 Å². The number of carbonyl (C=O) groups is 2. The number of piperidine rings is 1. The minimum atomic E-state index is -0.0762. The third-order valence-corrected chi connectivity index (χ3v) is 4.24. The van der Waals surface area contributed by atoms with Gasteiger partial charge >= 0.3 is 0 Å². The van der Waals surface area contributed by atoms with Gasteiger partial charge in [-0.1, -0.05) is 6.92 Å². The second-order valence-electron chi connectivity index (χ2n) is 4.48. The molecule has 0 aliphatic carbocycles. The van der Waals surface area contributed by atoms with Gasteiger partial charge in [0.1, 0.15) is 0 Å². The van der Waals surface area contributed by atoms with Crippen LogP contribution in [0.5, 0.6) is 0 Å². The quantitative estimate of drug-likeness (QED) is 0.866. The Labute approximate surface area is 111 Å². The monoisotopic (exact) mass is 266 g/mol. The van der Waals surface area contributed by atoms with E-state index in [9.17, 15) is 9.59 Å². The van der Waals surface area contributed by atoms with E-state index >= 15 is 0 Å². The van der Waals surface area contributed by atoms with Crippen LogP contribution in [-0.4, -0.2) is 18.4 Å². The van der Waals surface area contributed by atoms with Crippen molar-refractivity contribution in [1.29, 1.82) is 0 Å². The van der Waals surface area contributed by atoms with Gasteiger partial charge in [-0.25, -0.2) is 0 Å². The molecule has 1 fully saturated rings. The van der Waals surface area contributed by atoms with Gasteiger partial charge in [0.25, 0.3) is 0 Å². The van der Waals surface area contributed by atoms with E-state index in [-0.39, 0.29) is 17.7 Å². The van der Waals surface area contributed by atoms with Crippen molar-refractivity contribution in [3.05, 3.63) is 21.9 Å². The molecule has 1 saturated heterocycles. The molecule has 1 aliphatic rings. The Morgan fingerprint density at radius 2 is 2.44 bits per heavy atom. The van der Waals surface area contributed by atoms with Crippen LogP contribution in [0.2, 0.25) is 0 Å². The van der Waals surface area contributed by atoms with Gasteiger partial charge in [0.15, 0.2) is 0 Å². The second kappa shape index (κ2) is 6.00. The van der Waals surface area contributed by atoms with Gasteiger partial charge in [-0.3, -0.25) is 9.59 Å². The zero-order valence-electron chi connectivity index (χ0n) is 10.5. The van der Waals surface area contributed by atoms with E-state index in [2.05, 4.69) is 29.0 Å². The fourth-order valence-corrected chi connectivity index (χ4v) is 3.02. The first-order valence-corrected chi connectivity index (χ1v) is 7.18. The van der Waals surface area contributed by atoms with Crippen LogP contribution in [0.1, 0.15) is 30.2 Å². The predicted octanol–water partition coefficient (Wildman–Crippen LogP) is 1.45. The zero-order valence-corrected chi connectivity index (χ0v) is 11.3. The lowest BCUT2D eigenvalue weighted by molar-refractivity contribution is -0.129. The largest absolute Gasteiger partial charge is 0.355 e. The van der Waals surface area contributed by atoms with Gasteiger partial charge in [0.2, 0.25) is 11.8 Å². The van der Waals surface area contributed by atoms with Crippen LogP contribution in [0.4, 0.5) is 0 Å². The molecule has 2 heterocycles. The zero-order chi connectivity index (χ0) is 13.0. The maximum Gasteiger partial charge on any atom is 0.225 e. The van der Waals surface area contributed by atoms with Crippen molar-refractivity contribution in [2.45, 2.75) is 32.7 Å². The summed E-state index contributed by atoms with van der Waals surface area (Å²) >= 11 is 1.68. The number of amides is 2. The summed E-state index contributed by atoms with van der Waals surface area (Å²) in [6.07, 6.45) is 2.11. The number of thiophene rings is 1. The smallest absolute Gasteiger partial charge is 0.225 e. The number of nitrogens with one attached hydrogen (secondary N) is 2. The molecule has 2 rings (SSSR count).